The Labute approximate surface area is 156 Å². The van der Waals surface area contributed by atoms with Crippen molar-refractivity contribution in [1.29, 1.82) is 5.26 Å². The fourth-order valence-corrected chi connectivity index (χ4v) is 3.83. The molecule has 1 saturated heterocycles. The van der Waals surface area contributed by atoms with Crippen molar-refractivity contribution in [3.05, 3.63) is 35.4 Å². The first-order valence-corrected chi connectivity index (χ1v) is 9.85. The molecule has 0 aromatic heterocycles. The largest absolute Gasteiger partial charge is 0.368 e. The summed E-state index contributed by atoms with van der Waals surface area (Å²) in [6.07, 6.45) is 7.24. The van der Waals surface area contributed by atoms with Gasteiger partial charge in [0.1, 0.15) is 6.61 Å². The molecular formula is C21H29N3O2. The average Bonchev–Trinajstić information content (AvgIpc) is 2.93. The topological polar surface area (TPSA) is 56.6 Å². The summed E-state index contributed by atoms with van der Waals surface area (Å²) in [7, 11) is 0. The van der Waals surface area contributed by atoms with Crippen LogP contribution in [0, 0.1) is 11.3 Å². The van der Waals surface area contributed by atoms with Crippen molar-refractivity contribution >= 4 is 5.91 Å². The molecule has 1 aromatic carbocycles. The van der Waals surface area contributed by atoms with Crippen molar-refractivity contribution in [2.45, 2.75) is 51.2 Å². The van der Waals surface area contributed by atoms with E-state index in [0.717, 1.165) is 52.0 Å². The number of nitriles is 1. The Balaban J connectivity index is 1.43. The van der Waals surface area contributed by atoms with Crippen molar-refractivity contribution in [2.75, 3.05) is 32.8 Å². The van der Waals surface area contributed by atoms with E-state index in [2.05, 4.69) is 11.0 Å². The van der Waals surface area contributed by atoms with Crippen LogP contribution in [0.2, 0.25) is 0 Å². The molecule has 1 heterocycles. The Morgan fingerprint density at radius 3 is 2.54 bits per heavy atom. The second-order valence-corrected chi connectivity index (χ2v) is 7.39. The molecule has 0 unspecified atom stereocenters. The van der Waals surface area contributed by atoms with Gasteiger partial charge in [-0.15, -0.1) is 0 Å². The molecule has 0 spiro atoms. The highest BCUT2D eigenvalue weighted by atomic mass is 16.5. The van der Waals surface area contributed by atoms with Crippen molar-refractivity contribution in [3.63, 3.8) is 0 Å². The van der Waals surface area contributed by atoms with Crippen molar-refractivity contribution < 1.29 is 9.53 Å². The van der Waals surface area contributed by atoms with Crippen molar-refractivity contribution in [2.24, 2.45) is 0 Å². The maximum Gasteiger partial charge on any atom is 0.248 e. The van der Waals surface area contributed by atoms with Gasteiger partial charge in [-0.1, -0.05) is 31.4 Å². The minimum atomic E-state index is 0.135. The van der Waals surface area contributed by atoms with Crippen LogP contribution in [0.4, 0.5) is 0 Å². The van der Waals surface area contributed by atoms with Gasteiger partial charge in [0, 0.05) is 32.7 Å². The highest BCUT2D eigenvalue weighted by Crippen LogP contribution is 2.20. The minimum Gasteiger partial charge on any atom is -0.368 e. The molecule has 0 radical (unpaired) electrons. The summed E-state index contributed by atoms with van der Waals surface area (Å²) in [6.45, 7) is 4.56. The van der Waals surface area contributed by atoms with Crippen molar-refractivity contribution in [3.8, 4) is 6.07 Å². The molecule has 1 aromatic rings. The summed E-state index contributed by atoms with van der Waals surface area (Å²) in [6, 6.07) is 9.92. The van der Waals surface area contributed by atoms with Gasteiger partial charge in [0.05, 0.1) is 17.7 Å². The second kappa shape index (κ2) is 9.70. The summed E-state index contributed by atoms with van der Waals surface area (Å²) in [5.74, 6) is 0.135. The Morgan fingerprint density at radius 2 is 1.81 bits per heavy atom. The zero-order valence-corrected chi connectivity index (χ0v) is 15.5. The molecule has 0 atom stereocenters. The van der Waals surface area contributed by atoms with E-state index < -0.39 is 0 Å². The third kappa shape index (κ3) is 5.55. The van der Waals surface area contributed by atoms with Gasteiger partial charge in [0.25, 0.3) is 0 Å². The summed E-state index contributed by atoms with van der Waals surface area (Å²) >= 11 is 0. The molecular weight excluding hydrogens is 326 g/mol. The predicted molar refractivity (Wildman–Crippen MR) is 100 cm³/mol. The zero-order valence-electron chi connectivity index (χ0n) is 15.5. The van der Waals surface area contributed by atoms with Crippen LogP contribution in [0.3, 0.4) is 0 Å². The molecule has 140 valence electrons. The average molecular weight is 355 g/mol. The molecule has 1 aliphatic carbocycles. The molecule has 0 N–H and O–H groups in total. The first kappa shape index (κ1) is 18.9. The Hall–Kier alpha value is -1.90. The number of rotatable bonds is 5. The van der Waals surface area contributed by atoms with Crippen LogP contribution in [-0.2, 0) is 16.1 Å². The predicted octanol–water partition coefficient (Wildman–Crippen LogP) is 2.94. The molecule has 5 nitrogen and oxygen atoms in total. The number of nitrogens with zero attached hydrogens (tertiary/aromatic N) is 3. The summed E-state index contributed by atoms with van der Waals surface area (Å²) in [5.41, 5.74) is 1.91. The van der Waals surface area contributed by atoms with E-state index in [1.807, 2.05) is 29.2 Å². The fourth-order valence-electron chi connectivity index (χ4n) is 3.83. The van der Waals surface area contributed by atoms with Gasteiger partial charge in [-0.3, -0.25) is 9.69 Å². The highest BCUT2D eigenvalue weighted by molar-refractivity contribution is 5.77. The maximum absolute atomic E-state index is 12.5. The Morgan fingerprint density at radius 1 is 1.04 bits per heavy atom. The molecule has 3 rings (SSSR count). The first-order chi connectivity index (χ1) is 12.7. The molecule has 1 saturated carbocycles. The second-order valence-electron chi connectivity index (χ2n) is 7.39. The SMILES string of the molecule is N#Cc1ccc(CN2CCCN(C(=O)COC3CCCCC3)CC2)cc1. The van der Waals surface area contributed by atoms with E-state index in [1.165, 1.54) is 24.8 Å². The molecule has 0 bridgehead atoms. The van der Waals surface area contributed by atoms with E-state index in [9.17, 15) is 4.79 Å². The molecule has 26 heavy (non-hydrogen) atoms. The van der Waals surface area contributed by atoms with Gasteiger partial charge < -0.3 is 9.64 Å². The number of carbonyl (C=O) groups excluding carboxylic acids is 1. The van der Waals surface area contributed by atoms with Crippen LogP contribution >= 0.6 is 0 Å². The lowest BCUT2D eigenvalue weighted by molar-refractivity contribution is -0.138. The smallest absolute Gasteiger partial charge is 0.248 e. The van der Waals surface area contributed by atoms with Crippen molar-refractivity contribution in [1.82, 2.24) is 9.80 Å². The maximum atomic E-state index is 12.5. The van der Waals surface area contributed by atoms with E-state index in [-0.39, 0.29) is 18.6 Å². The van der Waals surface area contributed by atoms with Crippen LogP contribution in [0.1, 0.15) is 49.7 Å². The molecule has 2 fully saturated rings. The number of hydrogen-bond acceptors (Lipinski definition) is 4. The van der Waals surface area contributed by atoms with E-state index in [4.69, 9.17) is 10.00 Å². The first-order valence-electron chi connectivity index (χ1n) is 9.85. The van der Waals surface area contributed by atoms with Crippen LogP contribution in [0.25, 0.3) is 0 Å². The fraction of sp³-hybridized carbons (Fsp3) is 0.619. The third-order valence-electron chi connectivity index (χ3n) is 5.43. The van der Waals surface area contributed by atoms with Gasteiger partial charge >= 0.3 is 0 Å². The Kier molecular flexibility index (Phi) is 7.04. The lowest BCUT2D eigenvalue weighted by Crippen LogP contribution is -2.38. The normalized spacial score (nSPS) is 19.7. The van der Waals surface area contributed by atoms with Crippen LogP contribution in [0.15, 0.2) is 24.3 Å². The zero-order chi connectivity index (χ0) is 18.2. The summed E-state index contributed by atoms with van der Waals surface area (Å²) in [5, 5.41) is 8.89. The standard InChI is InChI=1S/C21H29N3O2/c22-15-18-7-9-19(10-8-18)16-23-11-4-12-24(14-13-23)21(25)17-26-20-5-2-1-3-6-20/h7-10,20H,1-6,11-14,16-17H2. The van der Waals surface area contributed by atoms with E-state index in [0.29, 0.717) is 5.56 Å². The molecule has 1 aliphatic heterocycles. The van der Waals surface area contributed by atoms with E-state index >= 15 is 0 Å². The Bertz CT molecular complexity index is 617. The van der Waals surface area contributed by atoms with Crippen LogP contribution in [0.5, 0.6) is 0 Å². The quantitative estimate of drug-likeness (QED) is 0.815. The number of carbonyl (C=O) groups is 1. The number of ether oxygens (including phenoxy) is 1. The number of amides is 1. The number of benzene rings is 1. The van der Waals surface area contributed by atoms with Gasteiger partial charge in [0.2, 0.25) is 5.91 Å². The third-order valence-corrected chi connectivity index (χ3v) is 5.43. The van der Waals surface area contributed by atoms with Crippen LogP contribution in [-0.4, -0.2) is 54.6 Å². The highest BCUT2D eigenvalue weighted by Gasteiger charge is 2.21. The van der Waals surface area contributed by atoms with Gasteiger partial charge in [0.15, 0.2) is 0 Å². The molecule has 2 aliphatic rings. The summed E-state index contributed by atoms with van der Waals surface area (Å²) in [4.78, 5) is 16.8. The lowest BCUT2D eigenvalue weighted by atomic mass is 9.98. The van der Waals surface area contributed by atoms with Crippen LogP contribution < -0.4 is 0 Å². The van der Waals surface area contributed by atoms with Gasteiger partial charge in [-0.05, 0) is 37.0 Å². The van der Waals surface area contributed by atoms with Gasteiger partial charge in [-0.2, -0.15) is 5.26 Å². The minimum absolute atomic E-state index is 0.135. The molecule has 5 heteroatoms. The van der Waals surface area contributed by atoms with E-state index in [1.54, 1.807) is 0 Å². The molecule has 1 amide bonds. The van der Waals surface area contributed by atoms with Gasteiger partial charge in [-0.25, -0.2) is 0 Å². The monoisotopic (exact) mass is 355 g/mol. The summed E-state index contributed by atoms with van der Waals surface area (Å²) < 4.78 is 5.85. The number of hydrogen-bond donors (Lipinski definition) is 0. The lowest BCUT2D eigenvalue weighted by Gasteiger charge is -2.25.